The van der Waals surface area contributed by atoms with Crippen molar-refractivity contribution in [2.24, 2.45) is 0 Å². The number of carbonyl (C=O) groups is 1. The second-order valence-corrected chi connectivity index (χ2v) is 7.41. The van der Waals surface area contributed by atoms with Crippen molar-refractivity contribution in [3.05, 3.63) is 69.2 Å². The minimum atomic E-state index is -4.26. The fraction of sp³-hybridized carbons (Fsp3) is 0.350. The van der Waals surface area contributed by atoms with Crippen LogP contribution in [0.25, 0.3) is 0 Å². The van der Waals surface area contributed by atoms with E-state index in [-0.39, 0.29) is 12.2 Å². The Kier molecular flexibility index (Phi) is 5.32. The van der Waals surface area contributed by atoms with Crippen molar-refractivity contribution in [2.75, 3.05) is 0 Å². The number of fused-ring (bicyclic) bond motifs is 2. The molecular formula is C20H18BrF3O. The van der Waals surface area contributed by atoms with Gasteiger partial charge in [-0.15, -0.1) is 0 Å². The molecule has 0 radical (unpaired) electrons. The first-order chi connectivity index (χ1) is 11.8. The molecule has 1 atom stereocenters. The van der Waals surface area contributed by atoms with Crippen molar-refractivity contribution in [3.8, 4) is 0 Å². The van der Waals surface area contributed by atoms with Gasteiger partial charge in [-0.1, -0.05) is 46.3 Å². The summed E-state index contributed by atoms with van der Waals surface area (Å²) in [5, 5.41) is 0. The molecule has 25 heavy (non-hydrogen) atoms. The van der Waals surface area contributed by atoms with Crippen molar-refractivity contribution in [2.45, 2.75) is 44.2 Å². The second kappa shape index (κ2) is 7.32. The van der Waals surface area contributed by atoms with Gasteiger partial charge in [0.2, 0.25) is 0 Å². The van der Waals surface area contributed by atoms with Crippen LogP contribution in [0, 0.1) is 0 Å². The summed E-state index contributed by atoms with van der Waals surface area (Å²) >= 11 is 3.38. The van der Waals surface area contributed by atoms with Crippen molar-refractivity contribution in [3.63, 3.8) is 0 Å². The van der Waals surface area contributed by atoms with Crippen LogP contribution < -0.4 is 0 Å². The molecule has 1 nitrogen and oxygen atoms in total. The van der Waals surface area contributed by atoms with Gasteiger partial charge < -0.3 is 0 Å². The number of hydrogen-bond acceptors (Lipinski definition) is 1. The number of ketones is 1. The molecule has 5 heteroatoms. The zero-order chi connectivity index (χ0) is 18.0. The van der Waals surface area contributed by atoms with E-state index < -0.39 is 18.5 Å². The van der Waals surface area contributed by atoms with Gasteiger partial charge >= 0.3 is 6.18 Å². The lowest BCUT2D eigenvalue weighted by atomic mass is 9.82. The summed E-state index contributed by atoms with van der Waals surface area (Å²) in [5.74, 6) is -0.679. The molecule has 0 aromatic heterocycles. The molecule has 2 aromatic rings. The molecular weight excluding hydrogens is 393 g/mol. The lowest BCUT2D eigenvalue weighted by Gasteiger charge is -2.24. The Morgan fingerprint density at radius 1 is 1.04 bits per heavy atom. The van der Waals surface area contributed by atoms with E-state index in [1.54, 1.807) is 30.3 Å². The largest absolute Gasteiger partial charge is 0.389 e. The highest BCUT2D eigenvalue weighted by Crippen LogP contribution is 2.38. The molecule has 0 saturated carbocycles. The maximum Gasteiger partial charge on any atom is 0.389 e. The molecule has 0 aliphatic heterocycles. The summed E-state index contributed by atoms with van der Waals surface area (Å²) in [6, 6.07) is 12.6. The van der Waals surface area contributed by atoms with E-state index in [2.05, 4.69) is 15.9 Å². The lowest BCUT2D eigenvalue weighted by molar-refractivity contribution is -0.138. The quantitative estimate of drug-likeness (QED) is 0.543. The van der Waals surface area contributed by atoms with Crippen LogP contribution in [0.2, 0.25) is 0 Å². The summed E-state index contributed by atoms with van der Waals surface area (Å²) in [6.07, 6.45) is -3.26. The first-order valence-electron chi connectivity index (χ1n) is 8.29. The number of alkyl halides is 3. The Bertz CT molecular complexity index is 783. The number of carbonyl (C=O) groups excluding carboxylic acids is 1. The van der Waals surface area contributed by atoms with Gasteiger partial charge in [-0.25, -0.2) is 0 Å². The van der Waals surface area contributed by atoms with Gasteiger partial charge in [0.05, 0.1) is 6.42 Å². The minimum Gasteiger partial charge on any atom is -0.294 e. The number of Topliss-reactive ketones (excluding diaryl/α,β-unsaturated/α-hetero) is 1. The van der Waals surface area contributed by atoms with Gasteiger partial charge in [0.25, 0.3) is 0 Å². The summed E-state index contributed by atoms with van der Waals surface area (Å²) in [4.78, 5) is 12.5. The molecule has 0 amide bonds. The predicted molar refractivity (Wildman–Crippen MR) is 95.0 cm³/mol. The van der Waals surface area contributed by atoms with Crippen LogP contribution in [0.5, 0.6) is 0 Å². The van der Waals surface area contributed by atoms with Crippen molar-refractivity contribution in [1.29, 1.82) is 0 Å². The molecule has 0 spiro atoms. The number of aryl methyl sites for hydroxylation is 1. The molecule has 1 unspecified atom stereocenters. The van der Waals surface area contributed by atoms with Crippen molar-refractivity contribution >= 4 is 21.7 Å². The Morgan fingerprint density at radius 2 is 1.80 bits per heavy atom. The van der Waals surface area contributed by atoms with E-state index in [1.165, 1.54) is 0 Å². The van der Waals surface area contributed by atoms with Crippen LogP contribution in [0.15, 0.2) is 46.9 Å². The average Bonchev–Trinajstić information content (AvgIpc) is 2.54. The van der Waals surface area contributed by atoms with E-state index in [0.717, 1.165) is 15.6 Å². The third-order valence-electron chi connectivity index (χ3n) is 4.66. The second-order valence-electron chi connectivity index (χ2n) is 6.50. The molecule has 0 bridgehead atoms. The fourth-order valence-corrected chi connectivity index (χ4v) is 3.93. The number of hydrogen-bond donors (Lipinski definition) is 0. The molecule has 0 heterocycles. The smallest absolute Gasteiger partial charge is 0.294 e. The summed E-state index contributed by atoms with van der Waals surface area (Å²) in [6.45, 7) is 0. The normalized spacial score (nSPS) is 18.4. The SMILES string of the molecule is O=C1CCCc2ccc(Br)cc2C(CC(F)(F)F)Cc2ccccc21. The Morgan fingerprint density at radius 3 is 2.56 bits per heavy atom. The van der Waals surface area contributed by atoms with Crippen LogP contribution >= 0.6 is 15.9 Å². The predicted octanol–water partition coefficient (Wildman–Crippen LogP) is 6.25. The first-order valence-corrected chi connectivity index (χ1v) is 9.09. The standard InChI is InChI=1S/C20H18BrF3O/c21-16-9-8-13-5-3-7-19(25)17-6-2-1-4-14(17)10-15(18(13)11-16)12-20(22,23)24/h1-2,4,6,8-9,11,15H,3,5,7,10,12H2. The highest BCUT2D eigenvalue weighted by molar-refractivity contribution is 9.10. The number of benzene rings is 2. The molecule has 2 aromatic carbocycles. The lowest BCUT2D eigenvalue weighted by Crippen LogP contribution is -2.19. The summed E-state index contributed by atoms with van der Waals surface area (Å²) in [5.41, 5.74) is 2.91. The van der Waals surface area contributed by atoms with Gasteiger partial charge in [-0.2, -0.15) is 13.2 Å². The number of halogens is 4. The Labute approximate surface area is 153 Å². The third kappa shape index (κ3) is 4.51. The molecule has 0 saturated heterocycles. The molecule has 0 N–H and O–H groups in total. The van der Waals surface area contributed by atoms with Crippen LogP contribution in [0.3, 0.4) is 0 Å². The van der Waals surface area contributed by atoms with Gasteiger partial charge in [-0.3, -0.25) is 4.79 Å². The monoisotopic (exact) mass is 410 g/mol. The average molecular weight is 411 g/mol. The van der Waals surface area contributed by atoms with E-state index in [9.17, 15) is 18.0 Å². The Hall–Kier alpha value is -1.62. The molecule has 1 aliphatic rings. The fourth-order valence-electron chi connectivity index (χ4n) is 3.55. The highest BCUT2D eigenvalue weighted by atomic mass is 79.9. The van der Waals surface area contributed by atoms with Crippen molar-refractivity contribution in [1.82, 2.24) is 0 Å². The van der Waals surface area contributed by atoms with Crippen LogP contribution in [-0.2, 0) is 12.8 Å². The van der Waals surface area contributed by atoms with E-state index in [0.29, 0.717) is 30.4 Å². The van der Waals surface area contributed by atoms with Gasteiger partial charge in [0, 0.05) is 16.5 Å². The highest BCUT2D eigenvalue weighted by Gasteiger charge is 2.34. The van der Waals surface area contributed by atoms with Crippen LogP contribution in [0.1, 0.15) is 52.2 Å². The Balaban J connectivity index is 2.10. The van der Waals surface area contributed by atoms with Gasteiger partial charge in [-0.05, 0) is 54.0 Å². The maximum atomic E-state index is 13.2. The van der Waals surface area contributed by atoms with Gasteiger partial charge in [0.1, 0.15) is 0 Å². The maximum absolute atomic E-state index is 13.2. The molecule has 132 valence electrons. The molecule has 0 fully saturated rings. The van der Waals surface area contributed by atoms with E-state index in [1.807, 2.05) is 12.1 Å². The zero-order valence-corrected chi connectivity index (χ0v) is 15.2. The van der Waals surface area contributed by atoms with E-state index >= 15 is 0 Å². The number of rotatable bonds is 1. The summed E-state index contributed by atoms with van der Waals surface area (Å²) < 4.78 is 40.5. The molecule has 1 aliphatic carbocycles. The molecule has 3 rings (SSSR count). The zero-order valence-electron chi connectivity index (χ0n) is 13.6. The van der Waals surface area contributed by atoms with Crippen LogP contribution in [-0.4, -0.2) is 12.0 Å². The van der Waals surface area contributed by atoms with Crippen molar-refractivity contribution < 1.29 is 18.0 Å². The topological polar surface area (TPSA) is 17.1 Å². The van der Waals surface area contributed by atoms with E-state index in [4.69, 9.17) is 0 Å². The summed E-state index contributed by atoms with van der Waals surface area (Å²) in [7, 11) is 0. The van der Waals surface area contributed by atoms with Crippen LogP contribution in [0.4, 0.5) is 13.2 Å². The first kappa shape index (κ1) is 18.2. The third-order valence-corrected chi connectivity index (χ3v) is 5.15. The minimum absolute atomic E-state index is 0.0157. The van der Waals surface area contributed by atoms with Gasteiger partial charge in [0.15, 0.2) is 5.78 Å².